The first kappa shape index (κ1) is 66.6. The molecule has 0 fully saturated rings. The van der Waals surface area contributed by atoms with Gasteiger partial charge >= 0.3 is 0 Å². The van der Waals surface area contributed by atoms with Crippen molar-refractivity contribution in [2.24, 2.45) is 40.9 Å². The van der Waals surface area contributed by atoms with Crippen molar-refractivity contribution in [3.63, 3.8) is 0 Å². The number of fused-ring (bicyclic) bond motifs is 8. The van der Waals surface area contributed by atoms with Gasteiger partial charge in [-0.2, -0.15) is 40.9 Å². The van der Waals surface area contributed by atoms with Crippen LogP contribution in [0.2, 0.25) is 0 Å². The van der Waals surface area contributed by atoms with Crippen molar-refractivity contribution in [2.45, 2.75) is 79.1 Å². The van der Waals surface area contributed by atoms with Gasteiger partial charge in [0.05, 0.1) is 94.7 Å². The Balaban J connectivity index is 0.991. The number of rotatable bonds is 28. The van der Waals surface area contributed by atoms with E-state index in [4.69, 9.17) is 49.4 Å². The summed E-state index contributed by atoms with van der Waals surface area (Å²) in [4.78, 5) is 19.1. The number of aromatic amines is 2. The Morgan fingerprint density at radius 3 is 0.700 bits per heavy atom. The highest BCUT2D eigenvalue weighted by molar-refractivity contribution is 6.00. The van der Waals surface area contributed by atoms with Gasteiger partial charge in [0.25, 0.3) is 0 Å². The number of benzene rings is 8. The molecule has 0 aliphatic carbocycles. The Labute approximate surface area is 582 Å². The lowest BCUT2D eigenvalue weighted by Crippen LogP contribution is -1.95. The zero-order chi connectivity index (χ0) is 68.2. The van der Waals surface area contributed by atoms with Crippen LogP contribution in [0.5, 0.6) is 23.0 Å². The maximum atomic E-state index is 5.94. The van der Waals surface area contributed by atoms with Crippen molar-refractivity contribution in [1.29, 1.82) is 0 Å². The number of azo groups is 4. The quantitative estimate of drug-likeness (QED) is 0.0362. The summed E-state index contributed by atoms with van der Waals surface area (Å²) in [6.45, 7) is 11.3. The summed E-state index contributed by atoms with van der Waals surface area (Å²) in [6.07, 6.45) is 16.5. The Bertz CT molecular complexity index is 4390. The van der Waals surface area contributed by atoms with Gasteiger partial charge in [0, 0.05) is 44.3 Å². The van der Waals surface area contributed by atoms with Crippen LogP contribution in [0.15, 0.2) is 259 Å². The molecule has 0 radical (unpaired) electrons. The first-order valence-corrected chi connectivity index (χ1v) is 34.5. The molecule has 0 saturated carbocycles. The molecule has 3 aromatic heterocycles. The Morgan fingerprint density at radius 2 is 0.480 bits per heavy atom. The first-order valence-electron chi connectivity index (χ1n) is 34.5. The molecule has 0 unspecified atom stereocenters. The van der Waals surface area contributed by atoms with Crippen LogP contribution in [-0.4, -0.2) is 46.4 Å². The molecule has 8 aromatic carbocycles. The molecule has 0 saturated heterocycles. The third kappa shape index (κ3) is 16.8. The molecular formula is C84H78N12O4. The van der Waals surface area contributed by atoms with E-state index in [1.807, 2.05) is 170 Å². The van der Waals surface area contributed by atoms with Crippen LogP contribution in [0.3, 0.4) is 0 Å². The summed E-state index contributed by atoms with van der Waals surface area (Å²) in [5.41, 5.74) is 18.4. The standard InChI is InChI=1S/C84H78N12O4/c1-5-9-49-97-69-33-25-61(26-34-69)89-93-65-21-13-17-57(53-65)81-73-41-43-75(85-73)82(58-18-14-22-66(54-58)94-90-62-27-35-70(36-28-62)98-50-10-6-2)77-45-47-79(87-77)84(60-20-16-24-68(56-60)96-92-64-31-39-72(40-32-64)100-52-12-8-4)80-48-46-78(88-80)83(76-44-42-74(81)86-76)59-19-15-23-67(55-59)95-91-63-29-37-71(38-30-63)99-51-11-7-3/h13-48,53-56,85,88H,5-12,49-52H2,1-4H3. The minimum atomic E-state index is 0.661. The second-order valence-electron chi connectivity index (χ2n) is 24.3. The number of hydrogen-bond acceptors (Lipinski definition) is 14. The van der Waals surface area contributed by atoms with E-state index in [0.717, 1.165) is 164 Å². The molecule has 2 aliphatic rings. The van der Waals surface area contributed by atoms with Gasteiger partial charge in [-0.3, -0.25) is 0 Å². The first-order chi connectivity index (χ1) is 49.3. The summed E-state index contributed by atoms with van der Waals surface area (Å²) in [7, 11) is 0. The van der Waals surface area contributed by atoms with Crippen LogP contribution in [0.4, 0.5) is 45.5 Å². The average Bonchev–Trinajstić information content (AvgIpc) is 1.68. The normalized spacial score (nSPS) is 12.0. The molecular weight excluding hydrogens is 1240 g/mol. The van der Waals surface area contributed by atoms with Gasteiger partial charge in [0.15, 0.2) is 0 Å². The van der Waals surface area contributed by atoms with Gasteiger partial charge in [-0.25, -0.2) is 9.97 Å². The van der Waals surface area contributed by atoms with Crippen LogP contribution in [-0.2, 0) is 0 Å². The van der Waals surface area contributed by atoms with Gasteiger partial charge < -0.3 is 28.9 Å². The maximum absolute atomic E-state index is 5.94. The molecule has 16 nitrogen and oxygen atoms in total. The van der Waals surface area contributed by atoms with E-state index in [1.165, 1.54) is 0 Å². The van der Waals surface area contributed by atoms with Crippen LogP contribution in [0.1, 0.15) is 102 Å². The highest BCUT2D eigenvalue weighted by atomic mass is 16.5. The fourth-order valence-corrected chi connectivity index (χ4v) is 11.6. The molecule has 13 rings (SSSR count). The summed E-state index contributed by atoms with van der Waals surface area (Å²) in [5.74, 6) is 3.20. The number of aromatic nitrogens is 4. The predicted molar refractivity (Wildman–Crippen MR) is 405 cm³/mol. The van der Waals surface area contributed by atoms with Crippen molar-refractivity contribution >= 4 is 91.9 Å². The molecule has 100 heavy (non-hydrogen) atoms. The van der Waals surface area contributed by atoms with E-state index in [1.54, 1.807) is 0 Å². The summed E-state index contributed by atoms with van der Waals surface area (Å²) >= 11 is 0. The number of unbranched alkanes of at least 4 members (excludes halogenated alkanes) is 4. The molecule has 0 amide bonds. The maximum Gasteiger partial charge on any atom is 0.119 e. The summed E-state index contributed by atoms with van der Waals surface area (Å²) in [6, 6.07) is 71.6. The lowest BCUT2D eigenvalue weighted by Gasteiger charge is -2.08. The SMILES string of the molecule is CCCCOc1ccc(N=Nc2cccc(-c3c4nc(c(-c5cccc(N=Nc6ccc(OCCCC)cc6)c5)c5ccc([nH]5)c(-c5cccc(N=Nc6ccc(OCCCC)cc6)c5)c5nc(c(-c6cccc(N=Nc7ccc(OCCCC)cc7)c6)c6ccc3[nH]6)C=C5)C=C4)c2)cc1. The summed E-state index contributed by atoms with van der Waals surface area (Å²) < 4.78 is 23.8. The fourth-order valence-electron chi connectivity index (χ4n) is 11.6. The molecule has 8 bridgehead atoms. The van der Waals surface area contributed by atoms with Gasteiger partial charge in [-0.15, -0.1) is 0 Å². The monoisotopic (exact) mass is 1320 g/mol. The zero-order valence-corrected chi connectivity index (χ0v) is 56.7. The minimum Gasteiger partial charge on any atom is -0.494 e. The van der Waals surface area contributed by atoms with E-state index in [2.05, 4.69) is 131 Å². The van der Waals surface area contributed by atoms with Crippen LogP contribution in [0, 0.1) is 0 Å². The largest absolute Gasteiger partial charge is 0.494 e. The minimum absolute atomic E-state index is 0.661. The van der Waals surface area contributed by atoms with Crippen molar-refractivity contribution in [3.8, 4) is 67.5 Å². The van der Waals surface area contributed by atoms with Gasteiger partial charge in [-0.1, -0.05) is 102 Å². The van der Waals surface area contributed by atoms with Gasteiger partial charge in [-0.05, 0) is 242 Å². The second-order valence-corrected chi connectivity index (χ2v) is 24.3. The molecule has 2 aliphatic heterocycles. The van der Waals surface area contributed by atoms with Crippen LogP contribution < -0.4 is 18.9 Å². The molecule has 0 atom stereocenters. The highest BCUT2D eigenvalue weighted by Crippen LogP contribution is 2.42. The number of hydrogen-bond donors (Lipinski definition) is 2. The van der Waals surface area contributed by atoms with E-state index >= 15 is 0 Å². The smallest absolute Gasteiger partial charge is 0.119 e. The second kappa shape index (κ2) is 32.8. The molecule has 2 N–H and O–H groups in total. The number of ether oxygens (including phenoxy) is 4. The molecule has 11 aromatic rings. The van der Waals surface area contributed by atoms with Crippen LogP contribution >= 0.6 is 0 Å². The molecule has 0 spiro atoms. The van der Waals surface area contributed by atoms with Gasteiger partial charge in [0.1, 0.15) is 23.0 Å². The molecule has 16 heteroatoms. The predicted octanol–water partition coefficient (Wildman–Crippen LogP) is 25.7. The summed E-state index contributed by atoms with van der Waals surface area (Å²) in [5, 5.41) is 37.9. The van der Waals surface area contributed by atoms with Crippen molar-refractivity contribution in [2.75, 3.05) is 26.4 Å². The number of nitrogens with one attached hydrogen (secondary N) is 2. The average molecular weight is 1320 g/mol. The topological polar surface area (TPSA) is 193 Å². The zero-order valence-electron chi connectivity index (χ0n) is 56.7. The molecule has 5 heterocycles. The lowest BCUT2D eigenvalue weighted by molar-refractivity contribution is 0.309. The van der Waals surface area contributed by atoms with E-state index < -0.39 is 0 Å². The third-order valence-electron chi connectivity index (χ3n) is 16.8. The van der Waals surface area contributed by atoms with Crippen LogP contribution in [0.25, 0.3) is 90.9 Å². The Kier molecular flexibility index (Phi) is 21.8. The third-order valence-corrected chi connectivity index (χ3v) is 16.8. The molecule has 498 valence electrons. The van der Waals surface area contributed by atoms with E-state index in [0.29, 0.717) is 71.9 Å². The van der Waals surface area contributed by atoms with Crippen molar-refractivity contribution < 1.29 is 18.9 Å². The highest BCUT2D eigenvalue weighted by Gasteiger charge is 2.21. The van der Waals surface area contributed by atoms with Crippen molar-refractivity contribution in [3.05, 3.63) is 241 Å². The Hall–Kier alpha value is -12.0. The number of nitrogens with zero attached hydrogens (tertiary/aromatic N) is 10. The van der Waals surface area contributed by atoms with E-state index in [9.17, 15) is 0 Å². The van der Waals surface area contributed by atoms with Gasteiger partial charge in [0.2, 0.25) is 0 Å². The lowest BCUT2D eigenvalue weighted by atomic mass is 10.0. The Morgan fingerprint density at radius 1 is 0.260 bits per heavy atom. The van der Waals surface area contributed by atoms with Crippen molar-refractivity contribution in [1.82, 2.24) is 19.9 Å². The van der Waals surface area contributed by atoms with E-state index in [-0.39, 0.29) is 0 Å². The fraction of sp³-hybridized carbons (Fsp3) is 0.190. The number of H-pyrrole nitrogens is 2.